The molecule has 0 heterocycles. The molecule has 0 aromatic carbocycles. The summed E-state index contributed by atoms with van der Waals surface area (Å²) in [5.74, 6) is 0.145. The Bertz CT molecular complexity index is 357. The van der Waals surface area contributed by atoms with Gasteiger partial charge in [-0.15, -0.1) is 0 Å². The molecule has 1 fully saturated rings. The van der Waals surface area contributed by atoms with E-state index in [4.69, 9.17) is 10.8 Å². The van der Waals surface area contributed by atoms with Crippen molar-refractivity contribution in [2.45, 2.75) is 71.1 Å². The molecular weight excluding hydrogens is 258 g/mol. The molecule has 116 valence electrons. The van der Waals surface area contributed by atoms with Gasteiger partial charge in [0.1, 0.15) is 11.9 Å². The third kappa shape index (κ3) is 6.89. The highest BCUT2D eigenvalue weighted by atomic mass is 16.6. The zero-order valence-electron chi connectivity index (χ0n) is 13.9. The van der Waals surface area contributed by atoms with Crippen LogP contribution < -0.4 is 5.32 Å². The van der Waals surface area contributed by atoms with Crippen molar-refractivity contribution in [3.8, 4) is 0 Å². The van der Waals surface area contributed by atoms with Crippen molar-refractivity contribution in [2.75, 3.05) is 6.61 Å². The normalized spacial score (nSPS) is 27.1. The van der Waals surface area contributed by atoms with E-state index in [1.54, 1.807) is 27.7 Å². The summed E-state index contributed by atoms with van der Waals surface area (Å²) in [6, 6.07) is -1.23. The summed E-state index contributed by atoms with van der Waals surface area (Å²) in [6.07, 6.45) is 3.77. The van der Waals surface area contributed by atoms with E-state index >= 15 is 0 Å². The zero-order chi connectivity index (χ0) is 16.1. The van der Waals surface area contributed by atoms with E-state index in [2.05, 4.69) is 5.32 Å². The van der Waals surface area contributed by atoms with Gasteiger partial charge in [0, 0.05) is 5.92 Å². The molecule has 0 aliphatic heterocycles. The summed E-state index contributed by atoms with van der Waals surface area (Å²) < 4.78 is 18.9. The van der Waals surface area contributed by atoms with Gasteiger partial charge in [0.15, 0.2) is 0 Å². The third-order valence-electron chi connectivity index (χ3n) is 3.16. The summed E-state index contributed by atoms with van der Waals surface area (Å²) in [6.45, 7) is 7.00. The van der Waals surface area contributed by atoms with Crippen LogP contribution in [-0.2, 0) is 14.3 Å². The molecule has 1 aliphatic carbocycles. The fraction of sp³-hybridized carbons (Fsp3) is 0.867. The maximum Gasteiger partial charge on any atom is 0.407 e. The lowest BCUT2D eigenvalue weighted by Gasteiger charge is -2.27. The molecule has 0 spiro atoms. The van der Waals surface area contributed by atoms with Crippen LogP contribution in [0.5, 0.6) is 0 Å². The number of nitrogens with one attached hydrogen (secondary N) is 1. The number of hydrogen-bond donors (Lipinski definition) is 1. The number of rotatable bonds is 5. The lowest BCUT2D eigenvalue weighted by Crippen LogP contribution is -2.40. The maximum absolute atomic E-state index is 11.7. The lowest BCUT2D eigenvalue weighted by molar-refractivity contribution is -0.112. The van der Waals surface area contributed by atoms with E-state index in [9.17, 15) is 9.59 Å². The van der Waals surface area contributed by atoms with Gasteiger partial charge in [-0.25, -0.2) is 4.79 Å². The van der Waals surface area contributed by atoms with Crippen LogP contribution in [0.1, 0.15) is 54.7 Å². The summed E-state index contributed by atoms with van der Waals surface area (Å²) >= 11 is 0. The Hall–Kier alpha value is -1.10. The molecule has 1 atom stereocenters. The van der Waals surface area contributed by atoms with Crippen molar-refractivity contribution < 1.29 is 20.4 Å². The van der Waals surface area contributed by atoms with Crippen molar-refractivity contribution in [1.82, 2.24) is 5.32 Å². The highest BCUT2D eigenvalue weighted by molar-refractivity contribution is 5.68. The van der Waals surface area contributed by atoms with Crippen LogP contribution in [0, 0.1) is 5.92 Å². The highest BCUT2D eigenvalue weighted by Gasteiger charge is 2.22. The molecule has 0 aromatic heterocycles. The van der Waals surface area contributed by atoms with Crippen LogP contribution in [0.15, 0.2) is 0 Å². The number of ether oxygens (including phenoxy) is 2. The van der Waals surface area contributed by atoms with Crippen molar-refractivity contribution >= 4 is 12.4 Å². The summed E-state index contributed by atoms with van der Waals surface area (Å²) in [4.78, 5) is 22.3. The van der Waals surface area contributed by atoms with Gasteiger partial charge in [0.05, 0.1) is 20.1 Å². The number of carbonyl (C=O) groups excluding carboxylic acids is 2. The summed E-state index contributed by atoms with van der Waals surface area (Å²) in [5.41, 5.74) is -0.589. The lowest BCUT2D eigenvalue weighted by atomic mass is 9.88. The number of amides is 1. The maximum atomic E-state index is 11.7. The zero-order valence-corrected chi connectivity index (χ0v) is 12.9. The third-order valence-corrected chi connectivity index (χ3v) is 3.16. The predicted octanol–water partition coefficient (Wildman–Crippen LogP) is 2.67. The Balaban J connectivity index is 2.32. The topological polar surface area (TPSA) is 64.6 Å². The summed E-state index contributed by atoms with van der Waals surface area (Å²) in [5, 5.41) is 2.50. The standard InChI is InChI=1S/C15H27NO4/c1-11(16-14(18)20-15(2,3)4)10-19-13-7-5-12(9-17)6-8-13/h9,11-13H,5-8,10H2,1-4H3,(H,16,18)/i11D. The molecule has 20 heavy (non-hydrogen) atoms. The van der Waals surface area contributed by atoms with Crippen LogP contribution >= 0.6 is 0 Å². The first-order valence-electron chi connectivity index (χ1n) is 7.69. The molecule has 1 unspecified atom stereocenters. The Labute approximate surface area is 122 Å². The quantitative estimate of drug-likeness (QED) is 0.789. The molecule has 1 saturated carbocycles. The minimum Gasteiger partial charge on any atom is -0.444 e. The van der Waals surface area contributed by atoms with Crippen molar-refractivity contribution in [2.24, 2.45) is 5.92 Å². The van der Waals surface area contributed by atoms with E-state index in [1.165, 1.54) is 0 Å². The minimum absolute atomic E-state index is 0.0614. The monoisotopic (exact) mass is 286 g/mol. The smallest absolute Gasteiger partial charge is 0.407 e. The number of alkyl carbamates (subject to hydrolysis) is 1. The fourth-order valence-electron chi connectivity index (χ4n) is 2.15. The molecule has 1 amide bonds. The second-order valence-electron chi connectivity index (χ2n) is 6.39. The summed E-state index contributed by atoms with van der Waals surface area (Å²) in [7, 11) is 0. The Kier molecular flexibility index (Phi) is 5.83. The van der Waals surface area contributed by atoms with Crippen LogP contribution in [0.4, 0.5) is 4.79 Å². The molecule has 0 bridgehead atoms. The van der Waals surface area contributed by atoms with Crippen molar-refractivity contribution in [3.05, 3.63) is 0 Å². The first-order chi connectivity index (χ1) is 9.61. The van der Waals surface area contributed by atoms with Crippen LogP contribution in [-0.4, -0.2) is 36.7 Å². The van der Waals surface area contributed by atoms with Gasteiger partial charge in [-0.2, -0.15) is 0 Å². The largest absolute Gasteiger partial charge is 0.444 e. The first kappa shape index (κ1) is 15.3. The van der Waals surface area contributed by atoms with Gasteiger partial charge < -0.3 is 19.6 Å². The molecule has 0 saturated heterocycles. The molecule has 0 aromatic rings. The van der Waals surface area contributed by atoms with Crippen LogP contribution in [0.25, 0.3) is 0 Å². The second kappa shape index (κ2) is 7.62. The number of hydrogen-bond acceptors (Lipinski definition) is 4. The van der Waals surface area contributed by atoms with E-state index in [0.29, 0.717) is 0 Å². The highest BCUT2D eigenvalue weighted by Crippen LogP contribution is 2.24. The van der Waals surface area contributed by atoms with Gasteiger partial charge in [-0.3, -0.25) is 0 Å². The fourth-order valence-corrected chi connectivity index (χ4v) is 2.15. The molecule has 5 nitrogen and oxygen atoms in total. The number of aldehydes is 1. The predicted molar refractivity (Wildman–Crippen MR) is 76.6 cm³/mol. The van der Waals surface area contributed by atoms with Gasteiger partial charge in [0.2, 0.25) is 0 Å². The van der Waals surface area contributed by atoms with Gasteiger partial charge in [-0.1, -0.05) is 0 Å². The van der Waals surface area contributed by atoms with E-state index < -0.39 is 17.7 Å². The second-order valence-corrected chi connectivity index (χ2v) is 6.39. The van der Waals surface area contributed by atoms with Gasteiger partial charge in [-0.05, 0) is 53.4 Å². The molecular formula is C15H27NO4. The molecule has 1 rings (SSSR count). The molecule has 5 heteroatoms. The Morgan fingerprint density at radius 1 is 1.40 bits per heavy atom. The van der Waals surface area contributed by atoms with Crippen LogP contribution in [0.2, 0.25) is 0 Å². The Morgan fingerprint density at radius 2 is 2.00 bits per heavy atom. The molecule has 1 aliphatic rings. The van der Waals surface area contributed by atoms with E-state index in [0.717, 1.165) is 32.0 Å². The average Bonchev–Trinajstić information content (AvgIpc) is 2.34. The van der Waals surface area contributed by atoms with Gasteiger partial charge >= 0.3 is 6.09 Å². The van der Waals surface area contributed by atoms with Crippen molar-refractivity contribution in [3.63, 3.8) is 0 Å². The SMILES string of the molecule is [2H]C(C)(COC1CCC(C=O)CC1)NC(=O)OC(C)(C)C. The number of carbonyl (C=O) groups is 2. The van der Waals surface area contributed by atoms with E-state index in [1.807, 2.05) is 0 Å². The Morgan fingerprint density at radius 3 is 2.50 bits per heavy atom. The average molecular weight is 286 g/mol. The van der Waals surface area contributed by atoms with Crippen molar-refractivity contribution in [1.29, 1.82) is 0 Å². The molecule has 1 N–H and O–H groups in total. The van der Waals surface area contributed by atoms with Gasteiger partial charge in [0.25, 0.3) is 0 Å². The first-order valence-corrected chi connectivity index (χ1v) is 7.19. The van der Waals surface area contributed by atoms with E-state index in [-0.39, 0.29) is 18.6 Å². The van der Waals surface area contributed by atoms with Crippen LogP contribution in [0.3, 0.4) is 0 Å². The molecule has 0 radical (unpaired) electrons. The minimum atomic E-state index is -1.23.